The third-order valence-electron chi connectivity index (χ3n) is 0.873. The summed E-state index contributed by atoms with van der Waals surface area (Å²) in [7, 11) is 0. The van der Waals surface area contributed by atoms with Crippen LogP contribution in [0.25, 0.3) is 0 Å². The van der Waals surface area contributed by atoms with E-state index in [0.29, 0.717) is 0 Å². The molecule has 0 fully saturated rings. The van der Waals surface area contributed by atoms with E-state index in [1.165, 1.54) is 5.57 Å². The molecular formula is C6H8N+. The molecule has 0 aromatic rings. The van der Waals surface area contributed by atoms with Crippen molar-refractivity contribution in [3.05, 3.63) is 23.9 Å². The monoisotopic (exact) mass is 94.1 g/mol. The van der Waals surface area contributed by atoms with Crippen LogP contribution in [0.4, 0.5) is 0 Å². The van der Waals surface area contributed by atoms with Crippen molar-refractivity contribution < 1.29 is 0 Å². The Morgan fingerprint density at radius 1 is 1.86 bits per heavy atom. The molecular weight excluding hydrogens is 86.1 g/mol. The first-order chi connectivity index (χ1) is 3.39. The van der Waals surface area contributed by atoms with E-state index >= 15 is 0 Å². The zero-order chi connectivity index (χ0) is 5.11. The molecule has 0 atom stereocenters. The smallest absolute Gasteiger partial charge is 0.191 e. The fraction of sp³-hybridized carbons (Fsp3) is 0.333. The molecule has 0 saturated heterocycles. The van der Waals surface area contributed by atoms with Crippen LogP contribution in [0.2, 0.25) is 0 Å². The van der Waals surface area contributed by atoms with E-state index < -0.39 is 0 Å². The van der Waals surface area contributed by atoms with Gasteiger partial charge in [-0.15, -0.1) is 0 Å². The molecule has 1 nitrogen and oxygen atoms in total. The van der Waals surface area contributed by atoms with Gasteiger partial charge in [-0.1, -0.05) is 0 Å². The largest absolute Gasteiger partial charge is 0.261 e. The summed E-state index contributed by atoms with van der Waals surface area (Å²) >= 11 is 0. The van der Waals surface area contributed by atoms with Crippen molar-refractivity contribution in [1.29, 1.82) is 0 Å². The summed E-state index contributed by atoms with van der Waals surface area (Å²) in [4.78, 5) is 0. The molecule has 1 rings (SSSR count). The van der Waals surface area contributed by atoms with Crippen LogP contribution in [0.1, 0.15) is 6.92 Å². The highest BCUT2D eigenvalue weighted by atomic mass is 14.8. The van der Waals surface area contributed by atoms with Crippen molar-refractivity contribution in [2.45, 2.75) is 6.92 Å². The van der Waals surface area contributed by atoms with Crippen molar-refractivity contribution in [3.63, 3.8) is 0 Å². The number of nitrogens with one attached hydrogen (secondary N) is 1. The maximum Gasteiger partial charge on any atom is 0.191 e. The van der Waals surface area contributed by atoms with Crippen LogP contribution in [0, 0.1) is 6.20 Å². The van der Waals surface area contributed by atoms with E-state index in [0.717, 1.165) is 6.54 Å². The van der Waals surface area contributed by atoms with Gasteiger partial charge in [-0.05, 0) is 0 Å². The molecule has 36 valence electrons. The van der Waals surface area contributed by atoms with Crippen molar-refractivity contribution in [1.82, 2.24) is 5.32 Å². The summed E-state index contributed by atoms with van der Waals surface area (Å²) in [5.74, 6) is 0. The molecule has 0 saturated carbocycles. The van der Waals surface area contributed by atoms with Crippen LogP contribution in [0.3, 0.4) is 0 Å². The van der Waals surface area contributed by atoms with Crippen LogP contribution in [0.5, 0.6) is 0 Å². The SMILES string of the molecule is CC1=[C+]NCC=C1. The molecule has 1 aliphatic heterocycles. The minimum Gasteiger partial charge on any atom is -0.261 e. The molecule has 0 aromatic carbocycles. The number of hydrogen-bond donors (Lipinski definition) is 1. The van der Waals surface area contributed by atoms with Crippen molar-refractivity contribution in [3.8, 4) is 0 Å². The van der Waals surface area contributed by atoms with E-state index in [2.05, 4.69) is 23.7 Å². The standard InChI is InChI=1S/C6H8N/c1-6-3-2-4-7-5-6/h2-3,7H,4H2,1H3/q+1. The number of rotatable bonds is 0. The van der Waals surface area contributed by atoms with E-state index in [-0.39, 0.29) is 0 Å². The van der Waals surface area contributed by atoms with E-state index in [9.17, 15) is 0 Å². The van der Waals surface area contributed by atoms with Gasteiger partial charge in [0.2, 0.25) is 0 Å². The Balaban J connectivity index is 2.58. The lowest BCUT2D eigenvalue weighted by atomic mass is 10.2. The molecule has 0 amide bonds. The van der Waals surface area contributed by atoms with Gasteiger partial charge in [-0.25, -0.2) is 0 Å². The fourth-order valence-electron chi connectivity index (χ4n) is 0.527. The lowest BCUT2D eigenvalue weighted by molar-refractivity contribution is 0.923. The van der Waals surface area contributed by atoms with Crippen LogP contribution >= 0.6 is 0 Å². The van der Waals surface area contributed by atoms with Crippen LogP contribution in [-0.2, 0) is 0 Å². The Morgan fingerprint density at radius 2 is 2.71 bits per heavy atom. The Morgan fingerprint density at radius 3 is 3.00 bits per heavy atom. The molecule has 0 radical (unpaired) electrons. The van der Waals surface area contributed by atoms with Gasteiger partial charge in [0.15, 0.2) is 11.8 Å². The topological polar surface area (TPSA) is 12.0 Å². The Labute approximate surface area is 43.7 Å². The summed E-state index contributed by atoms with van der Waals surface area (Å²) in [6, 6.07) is 0. The quantitative estimate of drug-likeness (QED) is 0.439. The minimum absolute atomic E-state index is 0.928. The first-order valence-electron chi connectivity index (χ1n) is 2.38. The van der Waals surface area contributed by atoms with Crippen LogP contribution in [-0.4, -0.2) is 6.54 Å². The van der Waals surface area contributed by atoms with Crippen LogP contribution in [0.15, 0.2) is 17.7 Å². The predicted octanol–water partition coefficient (Wildman–Crippen LogP) is 0.853. The van der Waals surface area contributed by atoms with Gasteiger partial charge in [-0.3, -0.25) is 5.32 Å². The average Bonchev–Trinajstić information content (AvgIpc) is 1.69. The summed E-state index contributed by atoms with van der Waals surface area (Å²) in [5.41, 5.74) is 1.17. The second kappa shape index (κ2) is 1.76. The van der Waals surface area contributed by atoms with Gasteiger partial charge in [0.1, 0.15) is 0 Å². The first kappa shape index (κ1) is 4.35. The molecule has 0 unspecified atom stereocenters. The first-order valence-corrected chi connectivity index (χ1v) is 2.38. The molecule has 0 spiro atoms. The highest BCUT2D eigenvalue weighted by molar-refractivity contribution is 5.15. The summed E-state index contributed by atoms with van der Waals surface area (Å²) in [5, 5.41) is 2.96. The normalized spacial score (nSPS) is 17.0. The van der Waals surface area contributed by atoms with Crippen molar-refractivity contribution >= 4 is 0 Å². The Bertz CT molecular complexity index is 111. The highest BCUT2D eigenvalue weighted by Gasteiger charge is 1.98. The molecule has 1 N–H and O–H groups in total. The zero-order valence-electron chi connectivity index (χ0n) is 4.36. The van der Waals surface area contributed by atoms with Gasteiger partial charge in [0, 0.05) is 13.0 Å². The molecule has 0 aliphatic carbocycles. The van der Waals surface area contributed by atoms with Gasteiger partial charge >= 0.3 is 0 Å². The molecule has 0 bridgehead atoms. The Hall–Kier alpha value is -0.810. The van der Waals surface area contributed by atoms with E-state index in [4.69, 9.17) is 0 Å². The molecule has 7 heavy (non-hydrogen) atoms. The van der Waals surface area contributed by atoms with E-state index in [1.54, 1.807) is 0 Å². The highest BCUT2D eigenvalue weighted by Crippen LogP contribution is 1.93. The van der Waals surface area contributed by atoms with Gasteiger partial charge in [0.25, 0.3) is 0 Å². The van der Waals surface area contributed by atoms with Gasteiger partial charge < -0.3 is 0 Å². The fourth-order valence-corrected chi connectivity index (χ4v) is 0.527. The van der Waals surface area contributed by atoms with Gasteiger partial charge in [-0.2, -0.15) is 0 Å². The maximum absolute atomic E-state index is 2.96. The van der Waals surface area contributed by atoms with Gasteiger partial charge in [0.05, 0.1) is 12.6 Å². The second-order valence-electron chi connectivity index (χ2n) is 1.59. The van der Waals surface area contributed by atoms with Crippen molar-refractivity contribution in [2.24, 2.45) is 0 Å². The lowest BCUT2D eigenvalue weighted by Crippen LogP contribution is -2.08. The molecule has 1 aliphatic rings. The summed E-state index contributed by atoms with van der Waals surface area (Å²) in [6.45, 7) is 2.94. The second-order valence-corrected chi connectivity index (χ2v) is 1.59. The number of allylic oxidation sites excluding steroid dienone is 2. The maximum atomic E-state index is 2.96. The zero-order valence-corrected chi connectivity index (χ0v) is 4.36. The Kier molecular flexibility index (Phi) is 1.10. The third-order valence-corrected chi connectivity index (χ3v) is 0.873. The molecule has 0 aromatic heterocycles. The van der Waals surface area contributed by atoms with E-state index in [1.807, 2.05) is 6.92 Å². The average molecular weight is 94.1 g/mol. The number of dihydropyridines is 1. The number of hydrogen-bond acceptors (Lipinski definition) is 1. The summed E-state index contributed by atoms with van der Waals surface area (Å²) in [6.07, 6.45) is 7.09. The summed E-state index contributed by atoms with van der Waals surface area (Å²) < 4.78 is 0. The van der Waals surface area contributed by atoms with Crippen LogP contribution < -0.4 is 5.32 Å². The minimum atomic E-state index is 0.928. The molecule has 1 heteroatoms. The van der Waals surface area contributed by atoms with Crippen molar-refractivity contribution in [2.75, 3.05) is 6.54 Å². The third kappa shape index (κ3) is 1.02. The lowest BCUT2D eigenvalue weighted by Gasteiger charge is -1.87. The molecule has 1 heterocycles. The predicted molar refractivity (Wildman–Crippen MR) is 29.6 cm³/mol.